The number of rotatable bonds is 6. The zero-order chi connectivity index (χ0) is 19.7. The van der Waals surface area contributed by atoms with Gasteiger partial charge in [-0.05, 0) is 47.6 Å². The molecule has 4 rings (SSSR count). The van der Waals surface area contributed by atoms with Crippen molar-refractivity contribution in [3.05, 3.63) is 48.0 Å². The van der Waals surface area contributed by atoms with E-state index in [1.165, 1.54) is 0 Å². The minimum atomic E-state index is -0.631. The van der Waals surface area contributed by atoms with Gasteiger partial charge in [0.15, 0.2) is 11.5 Å². The Morgan fingerprint density at radius 1 is 1.18 bits per heavy atom. The lowest BCUT2D eigenvalue weighted by Gasteiger charge is -2.24. The average molecular weight is 381 g/mol. The maximum absolute atomic E-state index is 12.0. The summed E-state index contributed by atoms with van der Waals surface area (Å²) in [5.74, 6) is 1.02. The molecule has 2 aromatic carbocycles. The molecule has 2 aromatic rings. The minimum Gasteiger partial charge on any atom is -0.493 e. The van der Waals surface area contributed by atoms with E-state index >= 15 is 0 Å². The third-order valence-corrected chi connectivity index (χ3v) is 6.46. The molecule has 1 aliphatic carbocycles. The van der Waals surface area contributed by atoms with Crippen molar-refractivity contribution in [2.75, 3.05) is 27.3 Å². The summed E-state index contributed by atoms with van der Waals surface area (Å²) in [6, 6.07) is 14.3. The van der Waals surface area contributed by atoms with Crippen molar-refractivity contribution in [3.63, 3.8) is 0 Å². The van der Waals surface area contributed by atoms with Crippen molar-refractivity contribution in [1.29, 1.82) is 0 Å². The van der Waals surface area contributed by atoms with E-state index in [-0.39, 0.29) is 5.92 Å². The Morgan fingerprint density at radius 2 is 1.89 bits per heavy atom. The number of nitrogens with zero attached hydrogens (tertiary/aromatic N) is 1. The minimum absolute atomic E-state index is 0.255. The standard InChI is InChI=1S/C23H27NO4/c1-27-20-11-17(19(12-21(20)28-2)16-7-4-3-5-8-16)13-24-14-18-9-6-10-23(18,15-24)22(25)26/h3-5,7-8,11-12,18H,6,9-10,13-15H2,1-2H3,(H,25,26)/t18-,23+/m0/s1. The van der Waals surface area contributed by atoms with E-state index < -0.39 is 11.4 Å². The molecule has 1 aliphatic heterocycles. The summed E-state index contributed by atoms with van der Waals surface area (Å²) in [5, 5.41) is 9.88. The van der Waals surface area contributed by atoms with Crippen molar-refractivity contribution in [2.45, 2.75) is 25.8 Å². The Hall–Kier alpha value is -2.53. The van der Waals surface area contributed by atoms with Gasteiger partial charge >= 0.3 is 5.97 Å². The maximum atomic E-state index is 12.0. The average Bonchev–Trinajstić information content (AvgIpc) is 3.26. The highest BCUT2D eigenvalue weighted by Crippen LogP contribution is 2.49. The molecule has 2 atom stereocenters. The highest BCUT2D eigenvalue weighted by molar-refractivity contribution is 5.76. The molecule has 2 fully saturated rings. The van der Waals surface area contributed by atoms with Gasteiger partial charge in [0, 0.05) is 19.6 Å². The number of benzene rings is 2. The van der Waals surface area contributed by atoms with Gasteiger partial charge in [0.05, 0.1) is 19.6 Å². The number of carbonyl (C=O) groups is 1. The first-order chi connectivity index (χ1) is 13.6. The van der Waals surface area contributed by atoms with Gasteiger partial charge in [-0.25, -0.2) is 0 Å². The SMILES string of the molecule is COc1cc(CN2C[C@@H]3CCC[C@@]3(C(=O)O)C2)c(-c2ccccc2)cc1OC. The smallest absolute Gasteiger partial charge is 0.311 e. The highest BCUT2D eigenvalue weighted by atomic mass is 16.5. The van der Waals surface area contributed by atoms with E-state index in [0.29, 0.717) is 24.6 Å². The molecule has 0 unspecified atom stereocenters. The third-order valence-electron chi connectivity index (χ3n) is 6.46. The van der Waals surface area contributed by atoms with Crippen LogP contribution < -0.4 is 9.47 Å². The van der Waals surface area contributed by atoms with Crippen LogP contribution in [0.2, 0.25) is 0 Å². The number of hydrogen-bond donors (Lipinski definition) is 1. The molecule has 0 bridgehead atoms. The number of ether oxygens (including phenoxy) is 2. The van der Waals surface area contributed by atoms with E-state index in [1.807, 2.05) is 30.3 Å². The maximum Gasteiger partial charge on any atom is 0.311 e. The lowest BCUT2D eigenvalue weighted by Crippen LogP contribution is -2.35. The summed E-state index contributed by atoms with van der Waals surface area (Å²) < 4.78 is 11.0. The Kier molecular flexibility index (Phi) is 5.02. The number of aliphatic carboxylic acids is 1. The van der Waals surface area contributed by atoms with Crippen molar-refractivity contribution < 1.29 is 19.4 Å². The number of carboxylic acids is 1. The van der Waals surface area contributed by atoms with E-state index in [9.17, 15) is 9.90 Å². The number of methoxy groups -OCH3 is 2. The molecule has 1 saturated heterocycles. The normalized spacial score (nSPS) is 24.1. The van der Waals surface area contributed by atoms with E-state index in [0.717, 1.165) is 42.5 Å². The van der Waals surface area contributed by atoms with Crippen LogP contribution in [0.5, 0.6) is 11.5 Å². The van der Waals surface area contributed by atoms with E-state index in [4.69, 9.17) is 9.47 Å². The topological polar surface area (TPSA) is 59.0 Å². The fourth-order valence-electron chi connectivity index (χ4n) is 5.04. The predicted molar refractivity (Wildman–Crippen MR) is 108 cm³/mol. The molecule has 1 N–H and O–H groups in total. The second kappa shape index (κ2) is 7.47. The molecule has 1 heterocycles. The molecule has 0 spiro atoms. The van der Waals surface area contributed by atoms with Crippen molar-refractivity contribution in [1.82, 2.24) is 4.90 Å². The lowest BCUT2D eigenvalue weighted by molar-refractivity contribution is -0.149. The quantitative estimate of drug-likeness (QED) is 0.818. The molecule has 2 aliphatic rings. The zero-order valence-corrected chi connectivity index (χ0v) is 16.5. The molecule has 5 nitrogen and oxygen atoms in total. The molecule has 1 saturated carbocycles. The summed E-state index contributed by atoms with van der Waals surface area (Å²) >= 11 is 0. The molecule has 0 radical (unpaired) electrons. The second-order valence-electron chi connectivity index (χ2n) is 7.95. The van der Waals surface area contributed by atoms with Crippen LogP contribution in [0.4, 0.5) is 0 Å². The van der Waals surface area contributed by atoms with Crippen molar-refractivity contribution in [2.24, 2.45) is 11.3 Å². The fraction of sp³-hybridized carbons (Fsp3) is 0.435. The highest BCUT2D eigenvalue weighted by Gasteiger charge is 2.54. The molecular weight excluding hydrogens is 354 g/mol. The first-order valence-corrected chi connectivity index (χ1v) is 9.83. The van der Waals surface area contributed by atoms with Crippen LogP contribution in [-0.2, 0) is 11.3 Å². The number of likely N-dealkylation sites (tertiary alicyclic amines) is 1. The van der Waals surface area contributed by atoms with Crippen molar-refractivity contribution in [3.8, 4) is 22.6 Å². The van der Waals surface area contributed by atoms with E-state index in [2.05, 4.69) is 17.0 Å². The van der Waals surface area contributed by atoms with Gasteiger partial charge in [-0.2, -0.15) is 0 Å². The number of fused-ring (bicyclic) bond motifs is 1. The van der Waals surface area contributed by atoms with Gasteiger partial charge in [-0.3, -0.25) is 9.69 Å². The molecular formula is C23H27NO4. The molecule has 28 heavy (non-hydrogen) atoms. The van der Waals surface area contributed by atoms with Gasteiger partial charge in [0.25, 0.3) is 0 Å². The van der Waals surface area contributed by atoms with Crippen LogP contribution in [0.3, 0.4) is 0 Å². The van der Waals surface area contributed by atoms with Gasteiger partial charge in [0.2, 0.25) is 0 Å². The Morgan fingerprint density at radius 3 is 2.54 bits per heavy atom. The van der Waals surface area contributed by atoms with Crippen molar-refractivity contribution >= 4 is 5.97 Å². The molecule has 0 aromatic heterocycles. The number of carboxylic acid groups (broad SMARTS) is 1. The molecule has 0 amide bonds. The van der Waals surface area contributed by atoms with Crippen LogP contribution in [-0.4, -0.2) is 43.3 Å². The van der Waals surface area contributed by atoms with E-state index in [1.54, 1.807) is 14.2 Å². The van der Waals surface area contributed by atoms with Gasteiger partial charge in [-0.1, -0.05) is 36.8 Å². The van der Waals surface area contributed by atoms with Gasteiger partial charge in [0.1, 0.15) is 0 Å². The number of hydrogen-bond acceptors (Lipinski definition) is 4. The van der Waals surface area contributed by atoms with Gasteiger partial charge < -0.3 is 14.6 Å². The largest absolute Gasteiger partial charge is 0.493 e. The predicted octanol–water partition coefficient (Wildman–Crippen LogP) is 4.06. The third kappa shape index (κ3) is 3.14. The Labute approximate surface area is 165 Å². The Balaban J connectivity index is 1.68. The molecule has 5 heteroatoms. The summed E-state index contributed by atoms with van der Waals surface area (Å²) in [5.41, 5.74) is 2.78. The molecule has 148 valence electrons. The fourth-order valence-corrected chi connectivity index (χ4v) is 5.04. The monoisotopic (exact) mass is 381 g/mol. The summed E-state index contributed by atoms with van der Waals surface area (Å²) in [6.07, 6.45) is 2.83. The van der Waals surface area contributed by atoms with Crippen LogP contribution in [0.15, 0.2) is 42.5 Å². The van der Waals surface area contributed by atoms with Crippen LogP contribution >= 0.6 is 0 Å². The van der Waals surface area contributed by atoms with Gasteiger partial charge in [-0.15, -0.1) is 0 Å². The summed E-state index contributed by atoms with van der Waals surface area (Å²) in [7, 11) is 3.29. The first kappa shape index (κ1) is 18.8. The van der Waals surface area contributed by atoms with Crippen LogP contribution in [0.25, 0.3) is 11.1 Å². The second-order valence-corrected chi connectivity index (χ2v) is 7.95. The lowest BCUT2D eigenvalue weighted by atomic mass is 9.81. The summed E-state index contributed by atoms with van der Waals surface area (Å²) in [4.78, 5) is 14.3. The Bertz CT molecular complexity index is 866. The zero-order valence-electron chi connectivity index (χ0n) is 16.5. The van der Waals surface area contributed by atoms with Crippen LogP contribution in [0, 0.1) is 11.3 Å². The summed E-state index contributed by atoms with van der Waals surface area (Å²) in [6.45, 7) is 2.17. The first-order valence-electron chi connectivity index (χ1n) is 9.83. The van der Waals surface area contributed by atoms with Crippen LogP contribution in [0.1, 0.15) is 24.8 Å².